The van der Waals surface area contributed by atoms with E-state index < -0.39 is 6.61 Å². The van der Waals surface area contributed by atoms with Gasteiger partial charge in [0.2, 0.25) is 0 Å². The number of pyridine rings is 1. The largest absolute Gasteiger partial charge is 0.435 e. The molecule has 0 unspecified atom stereocenters. The van der Waals surface area contributed by atoms with Gasteiger partial charge in [-0.25, -0.2) is 0 Å². The second-order valence-electron chi connectivity index (χ2n) is 6.94. The van der Waals surface area contributed by atoms with Crippen LogP contribution in [0.3, 0.4) is 0 Å². The lowest BCUT2D eigenvalue weighted by atomic mass is 10.0. The molecule has 4 rings (SSSR count). The van der Waals surface area contributed by atoms with Gasteiger partial charge in [-0.3, -0.25) is 9.78 Å². The summed E-state index contributed by atoms with van der Waals surface area (Å²) in [5.74, 6) is -0.0656. The Bertz CT molecular complexity index is 1090. The summed E-state index contributed by atoms with van der Waals surface area (Å²) in [4.78, 5) is 18.6. The minimum Gasteiger partial charge on any atom is -0.435 e. The maximum absolute atomic E-state index is 12.6. The normalized spacial score (nSPS) is 14.7. The molecule has 3 aromatic rings. The molecule has 1 saturated heterocycles. The molecule has 1 amide bonds. The molecule has 0 atom stereocenters. The number of benzene rings is 1. The summed E-state index contributed by atoms with van der Waals surface area (Å²) >= 11 is 1.47. The lowest BCUT2D eigenvalue weighted by Crippen LogP contribution is -2.44. The number of ether oxygens (including phenoxy) is 1. The van der Waals surface area contributed by atoms with Gasteiger partial charge in [0, 0.05) is 41.7 Å². The van der Waals surface area contributed by atoms with Crippen LogP contribution in [0.25, 0.3) is 10.9 Å². The molecular weight excluding hydrogens is 410 g/mol. The zero-order valence-electron chi connectivity index (χ0n) is 15.8. The topological polar surface area (TPSA) is 78.2 Å². The summed E-state index contributed by atoms with van der Waals surface area (Å²) in [5.41, 5.74) is 2.28. The Morgan fingerprint density at radius 3 is 2.80 bits per heavy atom. The molecule has 3 heterocycles. The van der Waals surface area contributed by atoms with Crippen molar-refractivity contribution in [3.8, 4) is 11.8 Å². The molecule has 0 saturated carbocycles. The fraction of sp³-hybridized carbons (Fsp3) is 0.286. The number of piperidine rings is 1. The third kappa shape index (κ3) is 4.19. The molecular formula is C21H18F2N4O2S. The zero-order chi connectivity index (χ0) is 21.1. The van der Waals surface area contributed by atoms with Gasteiger partial charge < -0.3 is 15.0 Å². The summed E-state index contributed by atoms with van der Waals surface area (Å²) in [6, 6.07) is 8.50. The Morgan fingerprint density at radius 2 is 2.13 bits per heavy atom. The van der Waals surface area contributed by atoms with Crippen LogP contribution in [-0.4, -0.2) is 36.6 Å². The third-order valence-corrected chi connectivity index (χ3v) is 5.77. The number of halogens is 2. The van der Waals surface area contributed by atoms with Gasteiger partial charge in [0.25, 0.3) is 5.91 Å². The molecule has 0 bridgehead atoms. The van der Waals surface area contributed by atoms with Crippen LogP contribution in [0.1, 0.15) is 28.8 Å². The summed E-state index contributed by atoms with van der Waals surface area (Å²) in [5, 5.41) is 16.9. The van der Waals surface area contributed by atoms with E-state index in [2.05, 4.69) is 21.1 Å². The smallest absolute Gasteiger partial charge is 0.387 e. The predicted molar refractivity (Wildman–Crippen MR) is 110 cm³/mol. The Hall–Kier alpha value is -3.25. The lowest BCUT2D eigenvalue weighted by molar-refractivity contribution is -0.0497. The van der Waals surface area contributed by atoms with Crippen molar-refractivity contribution in [2.24, 2.45) is 0 Å². The molecule has 9 heteroatoms. The number of nitrogens with zero attached hydrogens (tertiary/aromatic N) is 3. The number of alkyl halides is 2. The fourth-order valence-electron chi connectivity index (χ4n) is 3.67. The Morgan fingerprint density at radius 1 is 1.33 bits per heavy atom. The monoisotopic (exact) mass is 428 g/mol. The number of nitrogens with one attached hydrogen (secondary N) is 1. The molecule has 0 spiro atoms. The average molecular weight is 428 g/mol. The minimum atomic E-state index is -2.93. The highest BCUT2D eigenvalue weighted by molar-refractivity contribution is 7.08. The van der Waals surface area contributed by atoms with Gasteiger partial charge in [0.05, 0.1) is 16.8 Å². The lowest BCUT2D eigenvalue weighted by Gasteiger charge is -2.35. The van der Waals surface area contributed by atoms with Gasteiger partial charge in [0.1, 0.15) is 11.8 Å². The highest BCUT2D eigenvalue weighted by Gasteiger charge is 2.25. The van der Waals surface area contributed by atoms with Crippen molar-refractivity contribution < 1.29 is 18.3 Å². The number of aromatic nitrogens is 1. The predicted octanol–water partition coefficient (Wildman–Crippen LogP) is 4.17. The van der Waals surface area contributed by atoms with Crippen molar-refractivity contribution >= 4 is 33.8 Å². The number of carbonyl (C=O) groups excluding carboxylic acids is 1. The summed E-state index contributed by atoms with van der Waals surface area (Å²) < 4.78 is 29.8. The summed E-state index contributed by atoms with van der Waals surface area (Å²) in [6.07, 6.45) is 2.91. The van der Waals surface area contributed by atoms with Crippen molar-refractivity contribution in [2.45, 2.75) is 25.5 Å². The van der Waals surface area contributed by atoms with Crippen LogP contribution in [0.15, 0.2) is 41.2 Å². The van der Waals surface area contributed by atoms with Crippen molar-refractivity contribution in [2.75, 3.05) is 18.0 Å². The number of anilines is 1. The van der Waals surface area contributed by atoms with Crippen LogP contribution in [0, 0.1) is 11.3 Å². The first kappa shape index (κ1) is 20.0. The highest BCUT2D eigenvalue weighted by atomic mass is 32.1. The number of thiophene rings is 1. The van der Waals surface area contributed by atoms with E-state index in [0.717, 1.165) is 0 Å². The first-order valence-corrected chi connectivity index (χ1v) is 10.3. The van der Waals surface area contributed by atoms with Gasteiger partial charge in [-0.2, -0.15) is 25.4 Å². The van der Waals surface area contributed by atoms with E-state index in [4.69, 9.17) is 0 Å². The van der Waals surface area contributed by atoms with Gasteiger partial charge in [-0.15, -0.1) is 0 Å². The van der Waals surface area contributed by atoms with E-state index in [-0.39, 0.29) is 17.7 Å². The number of amides is 1. The number of hydrogen-bond acceptors (Lipinski definition) is 6. The van der Waals surface area contributed by atoms with E-state index in [0.29, 0.717) is 53.6 Å². The van der Waals surface area contributed by atoms with Gasteiger partial charge in [-0.1, -0.05) is 0 Å². The van der Waals surface area contributed by atoms with E-state index in [1.165, 1.54) is 29.7 Å². The van der Waals surface area contributed by atoms with Crippen molar-refractivity contribution in [1.82, 2.24) is 10.3 Å². The first-order chi connectivity index (χ1) is 14.5. The highest BCUT2D eigenvalue weighted by Crippen LogP contribution is 2.34. The van der Waals surface area contributed by atoms with Crippen LogP contribution in [0.2, 0.25) is 0 Å². The minimum absolute atomic E-state index is 0.0218. The first-order valence-electron chi connectivity index (χ1n) is 9.41. The molecule has 1 aromatic carbocycles. The maximum Gasteiger partial charge on any atom is 0.387 e. The zero-order valence-corrected chi connectivity index (χ0v) is 16.7. The van der Waals surface area contributed by atoms with Crippen LogP contribution in [-0.2, 0) is 0 Å². The van der Waals surface area contributed by atoms with Gasteiger partial charge >= 0.3 is 6.61 Å². The maximum atomic E-state index is 12.6. The number of nitriles is 1. The number of carbonyl (C=O) groups is 1. The Labute approximate surface area is 175 Å². The van der Waals surface area contributed by atoms with E-state index in [9.17, 15) is 18.8 Å². The molecule has 6 nitrogen and oxygen atoms in total. The average Bonchev–Trinajstić information content (AvgIpc) is 3.28. The SMILES string of the molecule is N#Cc1cnc2ccc(OC(F)F)cc2c1N1CCC(NC(=O)c2ccsc2)CC1. The van der Waals surface area contributed by atoms with Crippen LogP contribution in [0.4, 0.5) is 14.5 Å². The quantitative estimate of drug-likeness (QED) is 0.660. The van der Waals surface area contributed by atoms with E-state index in [1.807, 2.05) is 15.7 Å². The molecule has 30 heavy (non-hydrogen) atoms. The summed E-state index contributed by atoms with van der Waals surface area (Å²) in [7, 11) is 0. The molecule has 0 radical (unpaired) electrons. The van der Waals surface area contributed by atoms with Crippen LogP contribution in [0.5, 0.6) is 5.75 Å². The Balaban J connectivity index is 1.55. The Kier molecular flexibility index (Phi) is 5.77. The molecule has 1 N–H and O–H groups in total. The van der Waals surface area contributed by atoms with E-state index >= 15 is 0 Å². The molecule has 2 aromatic heterocycles. The molecule has 1 aliphatic rings. The summed E-state index contributed by atoms with van der Waals surface area (Å²) in [6.45, 7) is -1.70. The van der Waals surface area contributed by atoms with Crippen molar-refractivity contribution in [3.63, 3.8) is 0 Å². The second kappa shape index (κ2) is 8.63. The standard InChI is InChI=1S/C21H18F2N4O2S/c22-21(23)29-16-1-2-18-17(9-16)19(14(10-24)11-25-18)27-6-3-15(4-7-27)26-20(28)13-5-8-30-12-13/h1-2,5,8-9,11-12,15,21H,3-4,6-7H2,(H,26,28). The number of rotatable bonds is 5. The van der Waals surface area contributed by atoms with Gasteiger partial charge in [-0.05, 0) is 42.5 Å². The second-order valence-corrected chi connectivity index (χ2v) is 7.72. The third-order valence-electron chi connectivity index (χ3n) is 5.09. The molecule has 1 fully saturated rings. The van der Waals surface area contributed by atoms with Crippen LogP contribution >= 0.6 is 11.3 Å². The molecule has 154 valence electrons. The molecule has 0 aliphatic carbocycles. The van der Waals surface area contributed by atoms with E-state index in [1.54, 1.807) is 12.1 Å². The fourth-order valence-corrected chi connectivity index (χ4v) is 4.30. The van der Waals surface area contributed by atoms with Crippen molar-refractivity contribution in [3.05, 3.63) is 52.3 Å². The number of hydrogen-bond donors (Lipinski definition) is 1. The molecule has 1 aliphatic heterocycles. The van der Waals surface area contributed by atoms with Crippen molar-refractivity contribution in [1.29, 1.82) is 5.26 Å². The van der Waals surface area contributed by atoms with Crippen LogP contribution < -0.4 is 15.0 Å². The van der Waals surface area contributed by atoms with Gasteiger partial charge in [0.15, 0.2) is 0 Å². The number of fused-ring (bicyclic) bond motifs is 1.